The van der Waals surface area contributed by atoms with Crippen LogP contribution in [0, 0.1) is 10.1 Å². The zero-order valence-corrected chi connectivity index (χ0v) is 31.0. The summed E-state index contributed by atoms with van der Waals surface area (Å²) in [6.07, 6.45) is 0.268. The first-order valence-electron chi connectivity index (χ1n) is 16.1. The number of amides is 1. The first-order chi connectivity index (χ1) is 25.0. The summed E-state index contributed by atoms with van der Waals surface area (Å²) >= 11 is 7.68. The number of nitrogens with zero attached hydrogens (tertiary/aromatic N) is 5. The van der Waals surface area contributed by atoms with Gasteiger partial charge >= 0.3 is 12.1 Å². The number of rotatable bonds is 20. The van der Waals surface area contributed by atoms with E-state index in [1.54, 1.807) is 23.8 Å². The van der Waals surface area contributed by atoms with E-state index < -0.39 is 23.4 Å². The maximum Gasteiger partial charge on any atom is 0.445 e. The molecule has 2 aromatic carbocycles. The lowest BCUT2D eigenvalue weighted by Crippen LogP contribution is -2.36. The highest BCUT2D eigenvalue weighted by atomic mass is 35.5. The Hall–Kier alpha value is -4.91. The Morgan fingerprint density at radius 2 is 1.83 bits per heavy atom. The number of esters is 1. The molecule has 0 saturated carbocycles. The quantitative estimate of drug-likeness (QED) is 0.0151. The van der Waals surface area contributed by atoms with Crippen molar-refractivity contribution in [3.05, 3.63) is 86.4 Å². The molecule has 19 heteroatoms. The predicted octanol–water partition coefficient (Wildman–Crippen LogP) is 4.80. The SMILES string of the molecule is CCCCc1nc(Cl)c(C(=O)OC(C)OC=O)n1Cc1ccc(-c2ccccc2/C(N)=N/N(N)C(=O)OCCSCCO[N+](=O)[O-])cc1.CCOC. The van der Waals surface area contributed by atoms with E-state index in [9.17, 15) is 24.5 Å². The van der Waals surface area contributed by atoms with Crippen molar-refractivity contribution >= 4 is 47.7 Å². The van der Waals surface area contributed by atoms with Gasteiger partial charge in [0.25, 0.3) is 11.6 Å². The number of imidazole rings is 1. The third kappa shape index (κ3) is 14.4. The predicted molar refractivity (Wildman–Crippen MR) is 195 cm³/mol. The Kier molecular flexibility index (Phi) is 19.6. The highest BCUT2D eigenvalue weighted by molar-refractivity contribution is 7.99. The summed E-state index contributed by atoms with van der Waals surface area (Å²) < 4.78 is 21.2. The van der Waals surface area contributed by atoms with Gasteiger partial charge < -0.3 is 34.1 Å². The average Bonchev–Trinajstić information content (AvgIpc) is 3.44. The minimum Gasteiger partial charge on any atom is -0.446 e. The molecular formula is C33H44ClN7O10S. The molecule has 0 fully saturated rings. The van der Waals surface area contributed by atoms with Gasteiger partial charge in [-0.3, -0.25) is 4.79 Å². The molecule has 0 radical (unpaired) electrons. The van der Waals surface area contributed by atoms with E-state index in [4.69, 9.17) is 32.7 Å². The van der Waals surface area contributed by atoms with E-state index in [0.717, 1.165) is 30.6 Å². The second-order valence-electron chi connectivity index (χ2n) is 10.5. The van der Waals surface area contributed by atoms with Crippen LogP contribution >= 0.6 is 23.4 Å². The molecule has 0 saturated heterocycles. The van der Waals surface area contributed by atoms with Crippen LogP contribution in [0.1, 0.15) is 61.1 Å². The molecule has 284 valence electrons. The number of unbranched alkanes of at least 4 members (excludes halogenated alkanes) is 1. The van der Waals surface area contributed by atoms with E-state index in [1.807, 2.05) is 50.2 Å². The van der Waals surface area contributed by atoms with E-state index in [2.05, 4.69) is 24.4 Å². The first kappa shape index (κ1) is 43.3. The lowest BCUT2D eigenvalue weighted by molar-refractivity contribution is -0.756. The number of carbonyl (C=O) groups excluding carboxylic acids is 3. The van der Waals surface area contributed by atoms with Crippen molar-refractivity contribution in [1.29, 1.82) is 0 Å². The molecule has 1 atom stereocenters. The van der Waals surface area contributed by atoms with Crippen LogP contribution in [0.25, 0.3) is 11.1 Å². The van der Waals surface area contributed by atoms with Crippen molar-refractivity contribution in [1.82, 2.24) is 14.7 Å². The van der Waals surface area contributed by atoms with Gasteiger partial charge in [-0.1, -0.05) is 73.5 Å². The number of ether oxygens (including phenoxy) is 4. The van der Waals surface area contributed by atoms with Crippen molar-refractivity contribution in [2.24, 2.45) is 16.7 Å². The number of aryl methyl sites for hydroxylation is 1. The van der Waals surface area contributed by atoms with Crippen LogP contribution in [0.5, 0.6) is 0 Å². The van der Waals surface area contributed by atoms with Gasteiger partial charge in [0.1, 0.15) is 19.0 Å². The second-order valence-corrected chi connectivity index (χ2v) is 12.1. The third-order valence-electron chi connectivity index (χ3n) is 6.85. The molecule has 3 aromatic rings. The molecular weight excluding hydrogens is 722 g/mol. The summed E-state index contributed by atoms with van der Waals surface area (Å²) in [5.41, 5.74) is 9.13. The second kappa shape index (κ2) is 23.5. The van der Waals surface area contributed by atoms with Crippen molar-refractivity contribution in [2.75, 3.05) is 38.4 Å². The van der Waals surface area contributed by atoms with E-state index in [1.165, 1.54) is 18.7 Å². The van der Waals surface area contributed by atoms with Gasteiger partial charge in [0.15, 0.2) is 16.7 Å². The van der Waals surface area contributed by atoms with Crippen LogP contribution in [0.3, 0.4) is 0 Å². The van der Waals surface area contributed by atoms with Crippen molar-refractivity contribution in [3.8, 4) is 11.1 Å². The topological polar surface area (TPSA) is 226 Å². The van der Waals surface area contributed by atoms with Crippen LogP contribution in [-0.2, 0) is 41.5 Å². The maximum atomic E-state index is 13.0. The van der Waals surface area contributed by atoms with Crippen LogP contribution < -0.4 is 11.6 Å². The molecule has 0 aliphatic rings. The largest absolute Gasteiger partial charge is 0.446 e. The molecule has 17 nitrogen and oxygen atoms in total. The fourth-order valence-corrected chi connectivity index (χ4v) is 5.21. The van der Waals surface area contributed by atoms with Crippen molar-refractivity contribution in [3.63, 3.8) is 0 Å². The number of aromatic nitrogens is 2. The lowest BCUT2D eigenvalue weighted by Gasteiger charge is -2.15. The number of hydrogen-bond donors (Lipinski definition) is 2. The van der Waals surface area contributed by atoms with Gasteiger partial charge in [0.05, 0.1) is 0 Å². The number of halogens is 1. The average molecular weight is 766 g/mol. The Bertz CT molecular complexity index is 1620. The summed E-state index contributed by atoms with van der Waals surface area (Å²) in [5.74, 6) is 6.29. The highest BCUT2D eigenvalue weighted by Crippen LogP contribution is 2.26. The number of nitrogens with two attached hydrogens (primary N) is 2. The standard InChI is InChI=1S/C30H36ClN7O9S.C3H8O/c1-3-4-9-25-34-27(31)26(29(40)47-20(2)45-19-39)36(25)18-21-10-12-22(13-11-21)23-7-5-6-8-24(23)28(32)35-37(33)30(41)44-14-16-48-17-15-46-38(42)43;1-3-4-2/h5-8,10-13,19-20H,3-4,9,14-18,33H2,1-2H3,(H2,32,35);3H2,1-2H3. The molecule has 1 aromatic heterocycles. The summed E-state index contributed by atoms with van der Waals surface area (Å²) in [6, 6.07) is 14.6. The fourth-order valence-electron chi connectivity index (χ4n) is 4.34. The van der Waals surface area contributed by atoms with Crippen LogP contribution in [0.15, 0.2) is 53.6 Å². The Labute approximate surface area is 310 Å². The number of benzene rings is 2. The monoisotopic (exact) mass is 765 g/mol. The molecule has 0 aliphatic carbocycles. The lowest BCUT2D eigenvalue weighted by atomic mass is 9.98. The Morgan fingerprint density at radius 3 is 2.46 bits per heavy atom. The van der Waals surface area contributed by atoms with Gasteiger partial charge in [-0.05, 0) is 30.0 Å². The van der Waals surface area contributed by atoms with Crippen LogP contribution in [0.4, 0.5) is 4.79 Å². The minimum atomic E-state index is -1.11. The smallest absolute Gasteiger partial charge is 0.445 e. The Balaban J connectivity index is 0.00000222. The molecule has 0 spiro atoms. The van der Waals surface area contributed by atoms with Crippen LogP contribution in [0.2, 0.25) is 5.15 Å². The number of thioether (sulfide) groups is 1. The molecule has 1 amide bonds. The van der Waals surface area contributed by atoms with Crippen LogP contribution in [-0.4, -0.2) is 88.9 Å². The normalized spacial score (nSPS) is 11.5. The third-order valence-corrected chi connectivity index (χ3v) is 8.02. The molecule has 3 rings (SSSR count). The molecule has 52 heavy (non-hydrogen) atoms. The first-order valence-corrected chi connectivity index (χ1v) is 17.6. The number of hydrazone groups is 1. The van der Waals surface area contributed by atoms with Crippen molar-refractivity contribution < 1.29 is 43.3 Å². The minimum absolute atomic E-state index is 0.00418. The molecule has 4 N–H and O–H groups in total. The Morgan fingerprint density at radius 1 is 1.15 bits per heavy atom. The van der Waals surface area contributed by atoms with Gasteiger partial charge in [0, 0.05) is 50.7 Å². The number of carbonyl (C=O) groups is 3. The van der Waals surface area contributed by atoms with E-state index >= 15 is 0 Å². The number of hydrogen-bond acceptors (Lipinski definition) is 14. The van der Waals surface area contributed by atoms with Gasteiger partial charge in [0.2, 0.25) is 6.29 Å². The number of hydrazine groups is 1. The van der Waals surface area contributed by atoms with Gasteiger partial charge in [-0.15, -0.1) is 20.3 Å². The van der Waals surface area contributed by atoms with Gasteiger partial charge in [-0.2, -0.15) is 11.8 Å². The zero-order chi connectivity index (χ0) is 38.5. The maximum absolute atomic E-state index is 13.0. The highest BCUT2D eigenvalue weighted by Gasteiger charge is 2.25. The number of methoxy groups -OCH3 is 1. The van der Waals surface area contributed by atoms with Gasteiger partial charge in [-0.25, -0.2) is 20.4 Å². The molecule has 0 bridgehead atoms. The number of amidine groups is 1. The van der Waals surface area contributed by atoms with E-state index in [-0.39, 0.29) is 42.9 Å². The summed E-state index contributed by atoms with van der Waals surface area (Å²) in [5, 5.41) is 13.8. The van der Waals surface area contributed by atoms with E-state index in [0.29, 0.717) is 40.0 Å². The van der Waals surface area contributed by atoms with Crippen molar-refractivity contribution in [2.45, 2.75) is 52.9 Å². The summed E-state index contributed by atoms with van der Waals surface area (Å²) in [4.78, 5) is 54.7. The molecule has 1 unspecified atom stereocenters. The summed E-state index contributed by atoms with van der Waals surface area (Å²) in [6.45, 7) is 6.60. The fraction of sp³-hybridized carbons (Fsp3) is 0.424. The zero-order valence-electron chi connectivity index (χ0n) is 29.4. The molecule has 1 heterocycles. The summed E-state index contributed by atoms with van der Waals surface area (Å²) in [7, 11) is 1.68. The molecule has 0 aliphatic heterocycles.